The van der Waals surface area contributed by atoms with E-state index in [2.05, 4.69) is 114 Å². The van der Waals surface area contributed by atoms with Crippen LogP contribution >= 0.6 is 11.3 Å². The number of hydrogen-bond acceptors (Lipinski definition) is 4. The zero-order valence-electron chi connectivity index (χ0n) is 22.8. The largest absolute Gasteiger partial charge is 0.456 e. The summed E-state index contributed by atoms with van der Waals surface area (Å²) in [5, 5.41) is 9.31. The second-order valence-corrected chi connectivity index (χ2v) is 12.1. The molecular weight excluding hydrogens is 547 g/mol. The molecule has 0 saturated heterocycles. The standard InChI is InChI=1S/C38H21N3OS/c1-2-10-23-20-31-29(19-22(23)9-1)25-11-3-6-14-30(25)41(31)37-35-28-13-5-8-16-34(28)43-38(35)40-36(39-37)24-17-18-27-26-12-4-7-15-32(26)42-33(27)21-24/h1-21H. The Morgan fingerprint density at radius 1 is 0.535 bits per heavy atom. The molecule has 6 aromatic carbocycles. The first-order chi connectivity index (χ1) is 21.3. The Morgan fingerprint density at radius 3 is 2.16 bits per heavy atom. The Bertz CT molecular complexity index is 2750. The Kier molecular flexibility index (Phi) is 4.57. The molecule has 0 N–H and O–H groups in total. The van der Waals surface area contributed by atoms with Gasteiger partial charge in [-0.25, -0.2) is 9.97 Å². The zero-order chi connectivity index (χ0) is 28.1. The minimum absolute atomic E-state index is 0.683. The van der Waals surface area contributed by atoms with Crippen molar-refractivity contribution in [3.8, 4) is 17.2 Å². The van der Waals surface area contributed by atoms with E-state index in [1.807, 2.05) is 18.2 Å². The van der Waals surface area contributed by atoms with E-state index in [1.165, 1.54) is 31.6 Å². The molecule has 0 saturated carbocycles. The van der Waals surface area contributed by atoms with Gasteiger partial charge < -0.3 is 4.42 Å². The molecule has 0 radical (unpaired) electrons. The van der Waals surface area contributed by atoms with Crippen LogP contribution in [0.1, 0.15) is 0 Å². The molecule has 200 valence electrons. The SMILES string of the molecule is c1ccc2cc3c(cc2c1)c1ccccc1n3-c1nc(-c2ccc3c(c2)oc2ccccc23)nc2sc3ccccc3c12. The summed E-state index contributed by atoms with van der Waals surface area (Å²) in [7, 11) is 0. The molecule has 0 unspecified atom stereocenters. The van der Waals surface area contributed by atoms with Crippen LogP contribution in [0.15, 0.2) is 132 Å². The first-order valence-electron chi connectivity index (χ1n) is 14.3. The van der Waals surface area contributed by atoms with Crippen molar-refractivity contribution in [2.24, 2.45) is 0 Å². The smallest absolute Gasteiger partial charge is 0.163 e. The maximum Gasteiger partial charge on any atom is 0.163 e. The molecule has 0 bridgehead atoms. The lowest BCUT2D eigenvalue weighted by Crippen LogP contribution is -2.01. The molecular formula is C38H21N3OS. The maximum absolute atomic E-state index is 6.25. The quantitative estimate of drug-likeness (QED) is 0.209. The van der Waals surface area contributed by atoms with Crippen molar-refractivity contribution >= 4 is 86.2 Å². The number of rotatable bonds is 2. The number of furan rings is 1. The zero-order valence-corrected chi connectivity index (χ0v) is 23.6. The average molecular weight is 568 g/mol. The minimum atomic E-state index is 0.683. The van der Waals surface area contributed by atoms with Crippen molar-refractivity contribution in [1.29, 1.82) is 0 Å². The van der Waals surface area contributed by atoms with Crippen molar-refractivity contribution in [1.82, 2.24) is 14.5 Å². The van der Waals surface area contributed by atoms with E-state index in [1.54, 1.807) is 11.3 Å². The lowest BCUT2D eigenvalue weighted by atomic mass is 10.1. The number of aromatic nitrogens is 3. The summed E-state index contributed by atoms with van der Waals surface area (Å²) >= 11 is 1.71. The highest BCUT2D eigenvalue weighted by Gasteiger charge is 2.21. The number of benzene rings is 6. The Hall–Kier alpha value is -5.52. The van der Waals surface area contributed by atoms with Gasteiger partial charge in [0, 0.05) is 37.2 Å². The second kappa shape index (κ2) is 8.51. The first kappa shape index (κ1) is 23.1. The van der Waals surface area contributed by atoms with E-state index in [4.69, 9.17) is 14.4 Å². The second-order valence-electron chi connectivity index (χ2n) is 11.0. The predicted molar refractivity (Wildman–Crippen MR) is 179 cm³/mol. The molecule has 0 fully saturated rings. The number of fused-ring (bicyclic) bond motifs is 10. The third-order valence-corrected chi connectivity index (χ3v) is 9.67. The van der Waals surface area contributed by atoms with Gasteiger partial charge in [0.15, 0.2) is 11.6 Å². The van der Waals surface area contributed by atoms with Crippen LogP contribution in [0, 0.1) is 0 Å². The van der Waals surface area contributed by atoms with Gasteiger partial charge in [-0.2, -0.15) is 0 Å². The topological polar surface area (TPSA) is 43.9 Å². The third kappa shape index (κ3) is 3.25. The van der Waals surface area contributed by atoms with Crippen LogP contribution in [0.25, 0.3) is 92.0 Å². The number of nitrogens with zero attached hydrogens (tertiary/aromatic N) is 3. The predicted octanol–water partition coefficient (Wildman–Crippen LogP) is 10.7. The highest BCUT2D eigenvalue weighted by atomic mass is 32.1. The third-order valence-electron chi connectivity index (χ3n) is 8.61. The fraction of sp³-hybridized carbons (Fsp3) is 0. The number of thiophene rings is 1. The Labute approximate surface area is 249 Å². The van der Waals surface area contributed by atoms with E-state index < -0.39 is 0 Å². The van der Waals surface area contributed by atoms with Crippen LogP contribution in [-0.2, 0) is 0 Å². The summed E-state index contributed by atoms with van der Waals surface area (Å²) in [6, 6.07) is 44.8. The summed E-state index contributed by atoms with van der Waals surface area (Å²) in [5.74, 6) is 1.58. The molecule has 5 heteroatoms. The molecule has 0 amide bonds. The average Bonchev–Trinajstić information content (AvgIpc) is 3.72. The highest BCUT2D eigenvalue weighted by Crippen LogP contribution is 2.41. The molecule has 0 aliphatic carbocycles. The van der Waals surface area contributed by atoms with Crippen molar-refractivity contribution in [2.45, 2.75) is 0 Å². The van der Waals surface area contributed by atoms with E-state index in [-0.39, 0.29) is 0 Å². The molecule has 10 rings (SSSR count). The fourth-order valence-corrected chi connectivity index (χ4v) is 7.71. The van der Waals surface area contributed by atoms with Gasteiger partial charge in [0.1, 0.15) is 16.0 Å². The van der Waals surface area contributed by atoms with Gasteiger partial charge in [0.25, 0.3) is 0 Å². The van der Waals surface area contributed by atoms with Crippen LogP contribution < -0.4 is 0 Å². The van der Waals surface area contributed by atoms with Crippen molar-refractivity contribution in [2.75, 3.05) is 0 Å². The minimum Gasteiger partial charge on any atom is -0.456 e. The molecule has 0 atom stereocenters. The van der Waals surface area contributed by atoms with E-state index in [9.17, 15) is 0 Å². The Morgan fingerprint density at radius 2 is 1.26 bits per heavy atom. The van der Waals surface area contributed by atoms with Crippen molar-refractivity contribution < 1.29 is 4.42 Å². The van der Waals surface area contributed by atoms with Gasteiger partial charge in [-0.1, -0.05) is 84.9 Å². The van der Waals surface area contributed by atoms with Gasteiger partial charge >= 0.3 is 0 Å². The normalized spacial score (nSPS) is 12.2. The maximum atomic E-state index is 6.25. The van der Waals surface area contributed by atoms with Gasteiger partial charge in [-0.15, -0.1) is 11.3 Å². The molecule has 10 aromatic rings. The van der Waals surface area contributed by atoms with Gasteiger partial charge in [-0.3, -0.25) is 4.57 Å². The monoisotopic (exact) mass is 567 g/mol. The summed E-state index contributed by atoms with van der Waals surface area (Å²) < 4.78 is 9.79. The first-order valence-corrected chi connectivity index (χ1v) is 15.2. The summed E-state index contributed by atoms with van der Waals surface area (Å²) in [6.07, 6.45) is 0. The molecule has 0 aliphatic rings. The lowest BCUT2D eigenvalue weighted by molar-refractivity contribution is 0.669. The molecule has 4 nitrogen and oxygen atoms in total. The van der Waals surface area contributed by atoms with Gasteiger partial charge in [0.05, 0.1) is 16.4 Å². The number of hydrogen-bond donors (Lipinski definition) is 0. The molecule has 43 heavy (non-hydrogen) atoms. The van der Waals surface area contributed by atoms with Crippen LogP contribution in [0.5, 0.6) is 0 Å². The fourth-order valence-electron chi connectivity index (χ4n) is 6.64. The van der Waals surface area contributed by atoms with Gasteiger partial charge in [-0.05, 0) is 53.2 Å². The Balaban J connectivity index is 1.34. The lowest BCUT2D eigenvalue weighted by Gasteiger charge is -2.11. The van der Waals surface area contributed by atoms with Gasteiger partial charge in [0.2, 0.25) is 0 Å². The van der Waals surface area contributed by atoms with Crippen molar-refractivity contribution in [3.63, 3.8) is 0 Å². The van der Waals surface area contributed by atoms with Crippen molar-refractivity contribution in [3.05, 3.63) is 127 Å². The van der Waals surface area contributed by atoms with Crippen LogP contribution in [0.4, 0.5) is 0 Å². The highest BCUT2D eigenvalue weighted by molar-refractivity contribution is 7.25. The van der Waals surface area contributed by atoms with E-state index >= 15 is 0 Å². The molecule has 0 spiro atoms. The summed E-state index contributed by atoms with van der Waals surface area (Å²) in [5.41, 5.74) is 4.91. The molecule has 0 aliphatic heterocycles. The molecule has 4 aromatic heterocycles. The van der Waals surface area contributed by atoms with Crippen LogP contribution in [0.3, 0.4) is 0 Å². The van der Waals surface area contributed by atoms with E-state index in [0.717, 1.165) is 54.6 Å². The summed E-state index contributed by atoms with van der Waals surface area (Å²) in [4.78, 5) is 11.5. The van der Waals surface area contributed by atoms with Crippen LogP contribution in [0.2, 0.25) is 0 Å². The van der Waals surface area contributed by atoms with E-state index in [0.29, 0.717) is 5.82 Å². The molecule has 4 heterocycles. The van der Waals surface area contributed by atoms with Crippen LogP contribution in [-0.4, -0.2) is 14.5 Å². The summed E-state index contributed by atoms with van der Waals surface area (Å²) in [6.45, 7) is 0. The number of para-hydroxylation sites is 2.